The summed E-state index contributed by atoms with van der Waals surface area (Å²) < 4.78 is 5.05. The Hall–Kier alpha value is -1.66. The molecule has 1 saturated carbocycles. The van der Waals surface area contributed by atoms with Crippen molar-refractivity contribution in [3.05, 3.63) is 35.9 Å². The van der Waals surface area contributed by atoms with Gasteiger partial charge in [-0.05, 0) is 24.8 Å². The van der Waals surface area contributed by atoms with Gasteiger partial charge in [0.1, 0.15) is 6.04 Å². The van der Waals surface area contributed by atoms with Crippen molar-refractivity contribution in [2.75, 3.05) is 6.54 Å². The zero-order chi connectivity index (χ0) is 17.3. The molecule has 5 nitrogen and oxygen atoms in total. The molecule has 1 aromatic carbocycles. The first-order valence-corrected chi connectivity index (χ1v) is 9.04. The van der Waals surface area contributed by atoms with Crippen LogP contribution in [0.25, 0.3) is 0 Å². The number of rotatable bonds is 4. The minimum absolute atomic E-state index is 0.0623. The Balaban J connectivity index is 1.59. The molecule has 0 radical (unpaired) electrons. The molecule has 2 fully saturated rings. The highest BCUT2D eigenvalue weighted by molar-refractivity contribution is 8.15. The second-order valence-electron chi connectivity index (χ2n) is 6.88. The SMILES string of the molecule is CC1(C)C(SC(=O)c2ccccc2)C1C(=O)OC(=O)[C@@H]1CCCN1. The van der Waals surface area contributed by atoms with E-state index in [4.69, 9.17) is 4.74 Å². The molecule has 24 heavy (non-hydrogen) atoms. The average molecular weight is 347 g/mol. The Morgan fingerprint density at radius 3 is 2.50 bits per heavy atom. The number of esters is 2. The molecular weight excluding hydrogens is 326 g/mol. The summed E-state index contributed by atoms with van der Waals surface area (Å²) in [5.41, 5.74) is 0.263. The van der Waals surface area contributed by atoms with Crippen LogP contribution in [-0.2, 0) is 14.3 Å². The number of nitrogens with one attached hydrogen (secondary N) is 1. The lowest BCUT2D eigenvalue weighted by molar-refractivity contribution is -0.162. The van der Waals surface area contributed by atoms with Gasteiger partial charge in [-0.1, -0.05) is 55.9 Å². The van der Waals surface area contributed by atoms with Crippen LogP contribution in [0.2, 0.25) is 0 Å². The van der Waals surface area contributed by atoms with Gasteiger partial charge in [0.2, 0.25) is 5.12 Å². The predicted octanol–water partition coefficient (Wildman–Crippen LogP) is 2.41. The first-order valence-electron chi connectivity index (χ1n) is 8.16. The molecule has 1 heterocycles. The third-order valence-corrected chi connectivity index (χ3v) is 6.36. The minimum Gasteiger partial charge on any atom is -0.392 e. The molecule has 1 aromatic rings. The lowest BCUT2D eigenvalue weighted by Gasteiger charge is -2.09. The summed E-state index contributed by atoms with van der Waals surface area (Å²) in [6.07, 6.45) is 1.61. The molecule has 0 spiro atoms. The van der Waals surface area contributed by atoms with Gasteiger partial charge in [-0.3, -0.25) is 9.59 Å². The summed E-state index contributed by atoms with van der Waals surface area (Å²) in [5.74, 6) is -1.45. The van der Waals surface area contributed by atoms with Crippen LogP contribution < -0.4 is 5.32 Å². The molecule has 0 aromatic heterocycles. The molecule has 1 N–H and O–H groups in total. The molecule has 128 valence electrons. The van der Waals surface area contributed by atoms with E-state index >= 15 is 0 Å². The Bertz CT molecular complexity index is 652. The van der Waals surface area contributed by atoms with E-state index in [0.717, 1.165) is 24.7 Å². The van der Waals surface area contributed by atoms with Crippen LogP contribution in [0.4, 0.5) is 0 Å². The van der Waals surface area contributed by atoms with E-state index < -0.39 is 17.9 Å². The van der Waals surface area contributed by atoms with Gasteiger partial charge < -0.3 is 10.1 Å². The average Bonchev–Trinajstić information content (AvgIpc) is 2.95. The van der Waals surface area contributed by atoms with Crippen molar-refractivity contribution < 1.29 is 19.1 Å². The summed E-state index contributed by atoms with van der Waals surface area (Å²) in [6, 6.07) is 8.61. The van der Waals surface area contributed by atoms with Crippen LogP contribution in [0.1, 0.15) is 37.0 Å². The number of benzene rings is 1. The van der Waals surface area contributed by atoms with Gasteiger partial charge in [-0.2, -0.15) is 0 Å². The van der Waals surface area contributed by atoms with Crippen molar-refractivity contribution in [2.45, 2.75) is 38.0 Å². The maximum Gasteiger partial charge on any atom is 0.330 e. The molecule has 1 aliphatic carbocycles. The number of ether oxygens (including phenoxy) is 1. The van der Waals surface area contributed by atoms with Gasteiger partial charge in [0.05, 0.1) is 5.92 Å². The van der Waals surface area contributed by atoms with E-state index in [1.165, 1.54) is 0 Å². The normalized spacial score (nSPS) is 27.5. The highest BCUT2D eigenvalue weighted by Crippen LogP contribution is 2.60. The third-order valence-electron chi connectivity index (χ3n) is 4.77. The largest absolute Gasteiger partial charge is 0.392 e. The van der Waals surface area contributed by atoms with Crippen molar-refractivity contribution in [2.24, 2.45) is 11.3 Å². The molecule has 1 aliphatic heterocycles. The fraction of sp³-hybridized carbons (Fsp3) is 0.500. The fourth-order valence-corrected chi connectivity index (χ4v) is 4.59. The van der Waals surface area contributed by atoms with Crippen molar-refractivity contribution >= 4 is 28.8 Å². The molecule has 0 amide bonds. The topological polar surface area (TPSA) is 72.5 Å². The van der Waals surface area contributed by atoms with Crippen LogP contribution >= 0.6 is 11.8 Å². The maximum atomic E-state index is 12.3. The monoisotopic (exact) mass is 347 g/mol. The van der Waals surface area contributed by atoms with Crippen LogP contribution in [-0.4, -0.2) is 34.9 Å². The number of carbonyl (C=O) groups is 3. The number of hydrogen-bond donors (Lipinski definition) is 1. The van der Waals surface area contributed by atoms with E-state index in [1.807, 2.05) is 32.0 Å². The molecular formula is C18H21NO4S. The standard InChI is InChI=1S/C18H21NO4S/c1-18(2)13(16(21)23-15(20)12-9-6-10-19-12)14(18)24-17(22)11-7-4-3-5-8-11/h3-5,7-8,12-14,19H,6,9-10H2,1-2H3/t12-,13?,14?/m0/s1. The van der Waals surface area contributed by atoms with Gasteiger partial charge in [0.25, 0.3) is 0 Å². The Morgan fingerprint density at radius 1 is 1.17 bits per heavy atom. The van der Waals surface area contributed by atoms with Crippen LogP contribution in [0, 0.1) is 11.3 Å². The van der Waals surface area contributed by atoms with Crippen molar-refractivity contribution in [3.63, 3.8) is 0 Å². The number of hydrogen-bond acceptors (Lipinski definition) is 6. The van der Waals surface area contributed by atoms with Gasteiger partial charge in [0.15, 0.2) is 0 Å². The summed E-state index contributed by atoms with van der Waals surface area (Å²) in [4.78, 5) is 36.6. The van der Waals surface area contributed by atoms with Gasteiger partial charge >= 0.3 is 11.9 Å². The van der Waals surface area contributed by atoms with E-state index in [0.29, 0.717) is 12.0 Å². The second kappa shape index (κ2) is 6.69. The van der Waals surface area contributed by atoms with E-state index in [9.17, 15) is 14.4 Å². The summed E-state index contributed by atoms with van der Waals surface area (Å²) in [7, 11) is 0. The lowest BCUT2D eigenvalue weighted by Crippen LogP contribution is -2.34. The van der Waals surface area contributed by atoms with Crippen molar-refractivity contribution in [1.29, 1.82) is 0 Å². The Kier molecular flexibility index (Phi) is 4.78. The van der Waals surface area contributed by atoms with Gasteiger partial charge in [-0.15, -0.1) is 0 Å². The first-order chi connectivity index (χ1) is 11.4. The Labute approximate surface area is 145 Å². The fourth-order valence-electron chi connectivity index (χ4n) is 3.12. The van der Waals surface area contributed by atoms with Crippen LogP contribution in [0.5, 0.6) is 0 Å². The van der Waals surface area contributed by atoms with Crippen LogP contribution in [0.3, 0.4) is 0 Å². The molecule has 0 bridgehead atoms. The first kappa shape index (κ1) is 17.2. The predicted molar refractivity (Wildman–Crippen MR) is 91.5 cm³/mol. The second-order valence-corrected chi connectivity index (χ2v) is 7.99. The molecule has 2 unspecified atom stereocenters. The minimum atomic E-state index is -0.517. The highest BCUT2D eigenvalue weighted by Gasteiger charge is 2.64. The summed E-state index contributed by atoms with van der Waals surface area (Å²) >= 11 is 1.15. The van der Waals surface area contributed by atoms with E-state index in [2.05, 4.69) is 5.32 Å². The van der Waals surface area contributed by atoms with E-state index in [-0.39, 0.29) is 21.8 Å². The van der Waals surface area contributed by atoms with Crippen molar-refractivity contribution in [1.82, 2.24) is 5.32 Å². The molecule has 3 atom stereocenters. The summed E-state index contributed by atoms with van der Waals surface area (Å²) in [5, 5.41) is 2.79. The zero-order valence-corrected chi connectivity index (χ0v) is 14.6. The quantitative estimate of drug-likeness (QED) is 0.666. The summed E-state index contributed by atoms with van der Waals surface area (Å²) in [6.45, 7) is 4.62. The number of thioether (sulfide) groups is 1. The Morgan fingerprint density at radius 2 is 1.88 bits per heavy atom. The maximum absolute atomic E-state index is 12.3. The molecule has 6 heteroatoms. The molecule has 1 saturated heterocycles. The van der Waals surface area contributed by atoms with E-state index in [1.54, 1.807) is 12.1 Å². The highest BCUT2D eigenvalue weighted by atomic mass is 32.2. The zero-order valence-electron chi connectivity index (χ0n) is 13.8. The molecule has 3 rings (SSSR count). The van der Waals surface area contributed by atoms with Crippen LogP contribution in [0.15, 0.2) is 30.3 Å². The van der Waals surface area contributed by atoms with Gasteiger partial charge in [0, 0.05) is 10.8 Å². The third kappa shape index (κ3) is 3.39. The smallest absolute Gasteiger partial charge is 0.330 e. The van der Waals surface area contributed by atoms with Crippen molar-refractivity contribution in [3.8, 4) is 0 Å². The van der Waals surface area contributed by atoms with Gasteiger partial charge in [-0.25, -0.2) is 4.79 Å². The molecule has 2 aliphatic rings. The lowest BCUT2D eigenvalue weighted by atomic mass is 10.1. The number of carbonyl (C=O) groups excluding carboxylic acids is 3.